The predicted octanol–water partition coefficient (Wildman–Crippen LogP) is 7.77. The highest BCUT2D eigenvalue weighted by Crippen LogP contribution is 2.41. The highest BCUT2D eigenvalue weighted by atomic mass is 16.2. The lowest BCUT2D eigenvalue weighted by Gasteiger charge is -2.13. The van der Waals surface area contributed by atoms with Gasteiger partial charge in [0.2, 0.25) is 5.91 Å². The van der Waals surface area contributed by atoms with E-state index in [1.165, 1.54) is 32.8 Å². The zero-order valence-corrected chi connectivity index (χ0v) is 22.2. The summed E-state index contributed by atoms with van der Waals surface area (Å²) in [5.41, 5.74) is 12.3. The Hall–Kier alpha value is -4.96. The normalized spacial score (nSPS) is 12.5. The topological polar surface area (TPSA) is 46.4 Å². The molecule has 0 saturated heterocycles. The zero-order chi connectivity index (χ0) is 26.9. The molecular weight excluding hydrogens is 490 g/mol. The van der Waals surface area contributed by atoms with Crippen molar-refractivity contribution in [1.82, 2.24) is 9.99 Å². The average molecular weight is 520 g/mol. The molecule has 1 aromatic heterocycles. The summed E-state index contributed by atoms with van der Waals surface area (Å²) in [5, 5.41) is 8.07. The van der Waals surface area contributed by atoms with Gasteiger partial charge in [0.05, 0.1) is 11.9 Å². The number of rotatable bonds is 7. The number of aryl methyl sites for hydroxylation is 3. The first-order valence-corrected chi connectivity index (χ1v) is 13.9. The third-order valence-corrected chi connectivity index (χ3v) is 7.95. The van der Waals surface area contributed by atoms with Crippen LogP contribution in [0.15, 0.2) is 120 Å². The van der Waals surface area contributed by atoms with Gasteiger partial charge in [0.15, 0.2) is 0 Å². The monoisotopic (exact) mass is 519 g/mol. The van der Waals surface area contributed by atoms with Crippen molar-refractivity contribution in [3.8, 4) is 22.4 Å². The summed E-state index contributed by atoms with van der Waals surface area (Å²) in [7, 11) is 0. The first kappa shape index (κ1) is 24.1. The smallest absolute Gasteiger partial charge is 0.241 e. The molecular formula is C36H29N3O. The molecule has 40 heavy (non-hydrogen) atoms. The van der Waals surface area contributed by atoms with Gasteiger partial charge in [-0.3, -0.25) is 4.79 Å². The van der Waals surface area contributed by atoms with Crippen molar-refractivity contribution in [2.75, 3.05) is 0 Å². The minimum atomic E-state index is -0.111. The zero-order valence-electron chi connectivity index (χ0n) is 22.2. The average Bonchev–Trinajstić information content (AvgIpc) is 3.58. The van der Waals surface area contributed by atoms with Crippen molar-refractivity contribution < 1.29 is 4.79 Å². The molecule has 0 saturated carbocycles. The Bertz CT molecular complexity index is 1870. The number of carbonyl (C=O) groups excluding carboxylic acids is 1. The molecule has 0 bridgehead atoms. The Morgan fingerprint density at radius 1 is 0.725 bits per heavy atom. The Kier molecular flexibility index (Phi) is 6.21. The molecule has 4 heteroatoms. The molecule has 1 aliphatic rings. The van der Waals surface area contributed by atoms with Crippen LogP contribution in [0.25, 0.3) is 44.1 Å². The Balaban J connectivity index is 1.18. The van der Waals surface area contributed by atoms with E-state index >= 15 is 0 Å². The molecule has 0 aliphatic heterocycles. The fraction of sp³-hybridized carbons (Fsp3) is 0.111. The van der Waals surface area contributed by atoms with Gasteiger partial charge in [-0.05, 0) is 51.9 Å². The number of aromatic nitrogens is 1. The maximum Gasteiger partial charge on any atom is 0.241 e. The van der Waals surface area contributed by atoms with Crippen LogP contribution in [-0.4, -0.2) is 16.7 Å². The number of hydrazone groups is 1. The van der Waals surface area contributed by atoms with Crippen LogP contribution >= 0.6 is 0 Å². The molecule has 1 aliphatic carbocycles. The maximum atomic E-state index is 13.0. The van der Waals surface area contributed by atoms with Gasteiger partial charge in [-0.2, -0.15) is 5.10 Å². The molecule has 5 aromatic carbocycles. The van der Waals surface area contributed by atoms with Crippen molar-refractivity contribution in [2.45, 2.75) is 25.8 Å². The first-order chi connectivity index (χ1) is 19.8. The third kappa shape index (κ3) is 4.28. The molecule has 1 heterocycles. The number of fused-ring (bicyclic) bond motifs is 1. The van der Waals surface area contributed by atoms with Crippen LogP contribution in [0.4, 0.5) is 0 Å². The van der Waals surface area contributed by atoms with E-state index < -0.39 is 0 Å². The second-order valence-corrected chi connectivity index (χ2v) is 10.3. The van der Waals surface area contributed by atoms with Crippen LogP contribution in [0.2, 0.25) is 0 Å². The van der Waals surface area contributed by atoms with Gasteiger partial charge in [-0.15, -0.1) is 0 Å². The lowest BCUT2D eigenvalue weighted by molar-refractivity contribution is -0.121. The van der Waals surface area contributed by atoms with Gasteiger partial charge in [0.25, 0.3) is 0 Å². The summed E-state index contributed by atoms with van der Waals surface area (Å²) in [6.45, 7) is 0.542. The first-order valence-electron chi connectivity index (χ1n) is 13.9. The van der Waals surface area contributed by atoms with Crippen LogP contribution in [0.5, 0.6) is 0 Å². The minimum absolute atomic E-state index is 0.111. The maximum absolute atomic E-state index is 13.0. The van der Waals surface area contributed by atoms with E-state index in [4.69, 9.17) is 0 Å². The lowest BCUT2D eigenvalue weighted by Crippen LogP contribution is -2.19. The van der Waals surface area contributed by atoms with Crippen molar-refractivity contribution in [1.29, 1.82) is 0 Å². The highest BCUT2D eigenvalue weighted by Gasteiger charge is 2.20. The largest absolute Gasteiger partial charge is 0.339 e. The lowest BCUT2D eigenvalue weighted by atomic mass is 9.98. The number of nitrogens with zero attached hydrogens (tertiary/aromatic N) is 2. The van der Waals surface area contributed by atoms with E-state index in [0.717, 1.165) is 40.7 Å². The summed E-state index contributed by atoms with van der Waals surface area (Å²) >= 11 is 0. The molecule has 0 spiro atoms. The molecule has 7 rings (SSSR count). The van der Waals surface area contributed by atoms with Crippen LogP contribution < -0.4 is 5.43 Å². The SMILES string of the molecule is O=C(CCn1c(-c2ccccc2)c(-c2ccccc2)c2ccccc21)N/N=C\c1ccc2c3c(cccc13)CC2. The number of hydrogen-bond donors (Lipinski definition) is 1. The standard InChI is InChI=1S/C36H29N3O/c40-33(38-37-24-29-21-20-27-19-18-26-14-9-16-30(29)34(26)27)22-23-39-32-17-8-7-15-31(32)35(25-10-3-1-4-11-25)36(39)28-12-5-2-6-13-28/h1-17,20-21,24H,18-19,22-23H2,(H,38,40)/b37-24-. The van der Waals surface area contributed by atoms with Gasteiger partial charge in [-0.1, -0.05) is 109 Å². The Morgan fingerprint density at radius 2 is 1.40 bits per heavy atom. The van der Waals surface area contributed by atoms with E-state index in [1.807, 2.05) is 12.1 Å². The Labute approximate surface area is 233 Å². The van der Waals surface area contributed by atoms with Gasteiger partial charge >= 0.3 is 0 Å². The van der Waals surface area contributed by atoms with Crippen molar-refractivity contribution in [3.63, 3.8) is 0 Å². The molecule has 0 radical (unpaired) electrons. The van der Waals surface area contributed by atoms with E-state index in [9.17, 15) is 4.79 Å². The van der Waals surface area contributed by atoms with Crippen LogP contribution in [-0.2, 0) is 24.2 Å². The molecule has 1 N–H and O–H groups in total. The summed E-state index contributed by atoms with van der Waals surface area (Å²) < 4.78 is 2.28. The van der Waals surface area contributed by atoms with Gasteiger partial charge < -0.3 is 4.57 Å². The number of para-hydroxylation sites is 1. The molecule has 4 nitrogen and oxygen atoms in total. The fourth-order valence-electron chi connectivity index (χ4n) is 6.15. The number of benzene rings is 5. The number of hydrogen-bond acceptors (Lipinski definition) is 2. The summed E-state index contributed by atoms with van der Waals surface area (Å²) in [4.78, 5) is 13.0. The molecule has 0 unspecified atom stereocenters. The van der Waals surface area contributed by atoms with Crippen molar-refractivity contribution in [3.05, 3.63) is 132 Å². The second kappa shape index (κ2) is 10.3. The number of carbonyl (C=O) groups is 1. The van der Waals surface area contributed by atoms with E-state index in [2.05, 4.69) is 118 Å². The van der Waals surface area contributed by atoms with E-state index in [-0.39, 0.29) is 5.91 Å². The second-order valence-electron chi connectivity index (χ2n) is 10.3. The predicted molar refractivity (Wildman–Crippen MR) is 165 cm³/mol. The van der Waals surface area contributed by atoms with E-state index in [1.54, 1.807) is 6.21 Å². The summed E-state index contributed by atoms with van der Waals surface area (Å²) in [5.74, 6) is -0.111. The minimum Gasteiger partial charge on any atom is -0.339 e. The van der Waals surface area contributed by atoms with E-state index in [0.29, 0.717) is 13.0 Å². The highest BCUT2D eigenvalue weighted by molar-refractivity contribution is 6.05. The van der Waals surface area contributed by atoms with Gasteiger partial charge in [0, 0.05) is 35.0 Å². The molecule has 1 amide bonds. The van der Waals surface area contributed by atoms with Crippen LogP contribution in [0, 0.1) is 0 Å². The fourth-order valence-corrected chi connectivity index (χ4v) is 6.15. The van der Waals surface area contributed by atoms with Crippen LogP contribution in [0.1, 0.15) is 23.1 Å². The number of nitrogens with one attached hydrogen (secondary N) is 1. The molecule has 6 aromatic rings. The van der Waals surface area contributed by atoms with Crippen LogP contribution in [0.3, 0.4) is 0 Å². The Morgan fingerprint density at radius 3 is 2.20 bits per heavy atom. The molecule has 0 fully saturated rings. The van der Waals surface area contributed by atoms with Gasteiger partial charge in [-0.25, -0.2) is 5.43 Å². The van der Waals surface area contributed by atoms with Crippen molar-refractivity contribution in [2.24, 2.45) is 5.10 Å². The molecule has 194 valence electrons. The summed E-state index contributed by atoms with van der Waals surface area (Å²) in [6.07, 6.45) is 4.27. The number of amides is 1. The quantitative estimate of drug-likeness (QED) is 0.170. The van der Waals surface area contributed by atoms with Gasteiger partial charge in [0.1, 0.15) is 0 Å². The van der Waals surface area contributed by atoms with Crippen molar-refractivity contribution >= 4 is 33.8 Å². The molecule has 0 atom stereocenters. The third-order valence-electron chi connectivity index (χ3n) is 7.95. The summed E-state index contributed by atoms with van der Waals surface area (Å²) in [6, 6.07) is 40.1.